The number of carbonyl (C=O) groups excluding carboxylic acids is 3. The van der Waals surface area contributed by atoms with Crippen LogP contribution in [0.1, 0.15) is 13.8 Å². The molecule has 0 radical (unpaired) electrons. The Hall–Kier alpha value is -0.540. The van der Waals surface area contributed by atoms with E-state index in [0.29, 0.717) is 0 Å². The number of β-lactam (4-membered cyclic amide) rings is 1. The van der Waals surface area contributed by atoms with E-state index in [1.54, 1.807) is 0 Å². The van der Waals surface area contributed by atoms with Crippen LogP contribution in [0, 0.1) is 0 Å². The van der Waals surface area contributed by atoms with Crippen LogP contribution in [0.25, 0.3) is 0 Å². The fraction of sp³-hybridized carbons (Fsp3) is 0.583. The second-order valence-corrected chi connectivity index (χ2v) is 9.44. The van der Waals surface area contributed by atoms with Gasteiger partial charge in [0, 0.05) is 6.92 Å². The smallest absolute Gasteiger partial charge is 0.333 e. The largest absolute Gasteiger partial charge is 0.459 e. The first-order valence-corrected chi connectivity index (χ1v) is 9.59. The van der Waals surface area contributed by atoms with Gasteiger partial charge in [-0.15, -0.1) is 0 Å². The number of ether oxygens (including phenoxy) is 1. The molecule has 2 amide bonds. The Balaban J connectivity index is 3.01. The van der Waals surface area contributed by atoms with E-state index in [1.807, 2.05) is 0 Å². The number of likely N-dealkylation sites (tertiary alicyclic amines) is 1. The molecular weight excluding hydrogens is 426 g/mol. The molecule has 24 heavy (non-hydrogen) atoms. The first-order valence-electron chi connectivity index (χ1n) is 6.41. The van der Waals surface area contributed by atoms with Gasteiger partial charge in [0.25, 0.3) is 0 Å². The van der Waals surface area contributed by atoms with Gasteiger partial charge in [-0.3, -0.25) is 9.59 Å². The molecule has 0 aromatic heterocycles. The minimum Gasteiger partial charge on any atom is -0.459 e. The summed E-state index contributed by atoms with van der Waals surface area (Å²) in [6, 6.07) is -2.38. The number of nitrogens with zero attached hydrogens (tertiary/aromatic N) is 1. The number of halogens is 4. The van der Waals surface area contributed by atoms with Crippen LogP contribution in [0.4, 0.5) is 0 Å². The van der Waals surface area contributed by atoms with Crippen molar-refractivity contribution in [3.05, 3.63) is 12.2 Å². The molecule has 0 aromatic rings. The van der Waals surface area contributed by atoms with Gasteiger partial charge in [0.05, 0.1) is 0 Å². The van der Waals surface area contributed by atoms with Crippen molar-refractivity contribution in [1.82, 2.24) is 10.2 Å². The second-order valence-electron chi connectivity index (χ2n) is 5.03. The predicted octanol–water partition coefficient (Wildman–Crippen LogP) is 1.42. The van der Waals surface area contributed by atoms with Crippen molar-refractivity contribution >= 4 is 73.3 Å². The molecule has 0 spiro atoms. The summed E-state index contributed by atoms with van der Waals surface area (Å²) >= 11 is 16.5. The highest BCUT2D eigenvalue weighted by Gasteiger charge is 2.56. The zero-order valence-electron chi connectivity index (χ0n) is 12.6. The minimum absolute atomic E-state index is 0.228. The van der Waals surface area contributed by atoms with Crippen molar-refractivity contribution in [3.8, 4) is 0 Å². The molecule has 0 aliphatic carbocycles. The summed E-state index contributed by atoms with van der Waals surface area (Å²) in [5.74, 6) is -2.08. The fourth-order valence-electron chi connectivity index (χ4n) is 2.09. The van der Waals surface area contributed by atoms with E-state index in [2.05, 4.69) is 11.9 Å². The monoisotopic (exact) mass is 438 g/mol. The van der Waals surface area contributed by atoms with Gasteiger partial charge in [0.1, 0.15) is 22.7 Å². The molecular formula is C12H14Cl4N2O5S. The zero-order chi connectivity index (χ0) is 18.8. The Morgan fingerprint density at radius 1 is 1.42 bits per heavy atom. The van der Waals surface area contributed by atoms with Crippen molar-refractivity contribution in [2.24, 2.45) is 0 Å². The summed E-state index contributed by atoms with van der Waals surface area (Å²) in [5.41, 5.74) is 0.228. The number of hydrogen-bond donors (Lipinski definition) is 1. The molecule has 1 aliphatic rings. The average Bonchev–Trinajstić information content (AvgIpc) is 2.40. The number of esters is 1. The highest BCUT2D eigenvalue weighted by atomic mass is 35.7. The van der Waals surface area contributed by atoms with Crippen LogP contribution >= 0.6 is 45.5 Å². The standard InChI is InChI=1S/C12H14Cl4N2O5S/c1-5(2)8(11(21)23-4-12(13,14)15)18-9(20)7(17-6(3)19)10(18)24(16)22/h7-8,10H,1,4H2,2-3H3,(H,17,19). The van der Waals surface area contributed by atoms with Gasteiger partial charge in [-0.1, -0.05) is 41.4 Å². The van der Waals surface area contributed by atoms with Crippen LogP contribution < -0.4 is 5.32 Å². The number of amides is 2. The zero-order valence-corrected chi connectivity index (χ0v) is 16.4. The fourth-order valence-corrected chi connectivity index (χ4v) is 3.63. The lowest BCUT2D eigenvalue weighted by Crippen LogP contribution is -2.74. The molecule has 1 fully saturated rings. The molecule has 4 atom stereocenters. The second kappa shape index (κ2) is 8.23. The van der Waals surface area contributed by atoms with E-state index in [9.17, 15) is 18.6 Å². The number of alkyl halides is 3. The van der Waals surface area contributed by atoms with Crippen molar-refractivity contribution < 1.29 is 23.3 Å². The van der Waals surface area contributed by atoms with Gasteiger partial charge in [-0.2, -0.15) is 0 Å². The quantitative estimate of drug-likeness (QED) is 0.222. The molecule has 1 aliphatic heterocycles. The van der Waals surface area contributed by atoms with Gasteiger partial charge in [0.15, 0.2) is 11.4 Å². The van der Waals surface area contributed by atoms with Crippen LogP contribution in [0.3, 0.4) is 0 Å². The normalized spacial score (nSPS) is 23.1. The Morgan fingerprint density at radius 2 is 1.96 bits per heavy atom. The molecule has 1 rings (SSSR count). The van der Waals surface area contributed by atoms with E-state index in [4.69, 9.17) is 50.2 Å². The van der Waals surface area contributed by atoms with E-state index in [1.165, 1.54) is 13.8 Å². The molecule has 1 heterocycles. The predicted molar refractivity (Wildman–Crippen MR) is 92.1 cm³/mol. The van der Waals surface area contributed by atoms with Gasteiger partial charge in [-0.25, -0.2) is 9.00 Å². The number of carbonyl (C=O) groups is 3. The van der Waals surface area contributed by atoms with Crippen molar-refractivity contribution in [2.45, 2.75) is 35.1 Å². The first kappa shape index (κ1) is 21.5. The molecule has 136 valence electrons. The van der Waals surface area contributed by atoms with Gasteiger partial charge >= 0.3 is 5.97 Å². The first-order chi connectivity index (χ1) is 10.9. The molecule has 7 nitrogen and oxygen atoms in total. The van der Waals surface area contributed by atoms with Crippen LogP contribution in [0.5, 0.6) is 0 Å². The average molecular weight is 440 g/mol. The van der Waals surface area contributed by atoms with Crippen LogP contribution in [-0.2, 0) is 29.1 Å². The maximum Gasteiger partial charge on any atom is 0.333 e. The maximum absolute atomic E-state index is 12.3. The Kier molecular flexibility index (Phi) is 7.37. The number of nitrogens with one attached hydrogen (secondary N) is 1. The minimum atomic E-state index is -2.06. The summed E-state index contributed by atoms with van der Waals surface area (Å²) in [6.07, 6.45) is 0. The number of rotatable bonds is 6. The van der Waals surface area contributed by atoms with E-state index >= 15 is 0 Å². The third-order valence-electron chi connectivity index (χ3n) is 2.97. The summed E-state index contributed by atoms with van der Waals surface area (Å²) < 4.78 is 14.8. The lowest BCUT2D eigenvalue weighted by Gasteiger charge is -2.48. The van der Waals surface area contributed by atoms with Crippen LogP contribution in [0.2, 0.25) is 0 Å². The molecule has 0 saturated carbocycles. The van der Waals surface area contributed by atoms with Crippen LogP contribution in [0.15, 0.2) is 12.2 Å². The molecule has 0 bridgehead atoms. The molecule has 0 aromatic carbocycles. The Morgan fingerprint density at radius 3 is 2.33 bits per heavy atom. The summed E-state index contributed by atoms with van der Waals surface area (Å²) in [6.45, 7) is 5.72. The Labute approximate surface area is 160 Å². The van der Waals surface area contributed by atoms with E-state index in [-0.39, 0.29) is 5.57 Å². The topological polar surface area (TPSA) is 92.8 Å². The molecule has 12 heteroatoms. The van der Waals surface area contributed by atoms with E-state index < -0.39 is 55.7 Å². The van der Waals surface area contributed by atoms with Crippen LogP contribution in [-0.4, -0.2) is 54.7 Å². The van der Waals surface area contributed by atoms with Gasteiger partial charge in [0.2, 0.25) is 15.6 Å². The van der Waals surface area contributed by atoms with Gasteiger partial charge < -0.3 is 15.0 Å². The maximum atomic E-state index is 12.3. The lowest BCUT2D eigenvalue weighted by molar-refractivity contribution is -0.162. The summed E-state index contributed by atoms with van der Waals surface area (Å²) in [4.78, 5) is 36.6. The van der Waals surface area contributed by atoms with Crippen molar-refractivity contribution in [3.63, 3.8) is 0 Å². The van der Waals surface area contributed by atoms with Crippen molar-refractivity contribution in [1.29, 1.82) is 0 Å². The lowest BCUT2D eigenvalue weighted by atomic mass is 9.99. The Bertz CT molecular complexity index is 594. The van der Waals surface area contributed by atoms with Gasteiger partial charge in [-0.05, 0) is 23.2 Å². The third-order valence-corrected chi connectivity index (χ3v) is 4.73. The molecule has 1 saturated heterocycles. The van der Waals surface area contributed by atoms with Crippen molar-refractivity contribution in [2.75, 3.05) is 6.61 Å². The number of hydrogen-bond acceptors (Lipinski definition) is 5. The highest BCUT2D eigenvalue weighted by Crippen LogP contribution is 2.32. The summed E-state index contributed by atoms with van der Waals surface area (Å²) in [5, 5.41) is 1.21. The SMILES string of the molecule is C=C(C)C(C(=O)OCC(Cl)(Cl)Cl)N1C(=O)C(NC(C)=O)C1S(=O)Cl. The third kappa shape index (κ3) is 5.23. The molecule has 1 N–H and O–H groups in total. The molecule has 4 unspecified atom stereocenters. The summed E-state index contributed by atoms with van der Waals surface area (Å²) in [7, 11) is 3.54. The highest BCUT2D eigenvalue weighted by molar-refractivity contribution is 8.08. The van der Waals surface area contributed by atoms with E-state index in [0.717, 1.165) is 4.90 Å².